The molecule has 2 N–H and O–H groups in total. The van der Waals surface area contributed by atoms with Crippen molar-refractivity contribution in [1.29, 1.82) is 0 Å². The molecular formula is C11H10FNS. The van der Waals surface area contributed by atoms with Crippen molar-refractivity contribution in [2.45, 2.75) is 6.92 Å². The van der Waals surface area contributed by atoms with Crippen molar-refractivity contribution in [3.63, 3.8) is 0 Å². The lowest BCUT2D eigenvalue weighted by Gasteiger charge is -1.98. The fourth-order valence-corrected chi connectivity index (χ4v) is 2.34. The minimum Gasteiger partial charge on any atom is -0.391 e. The molecule has 2 rings (SSSR count). The highest BCUT2D eigenvalue weighted by molar-refractivity contribution is 7.19. The van der Waals surface area contributed by atoms with Gasteiger partial charge in [0.1, 0.15) is 5.82 Å². The van der Waals surface area contributed by atoms with Crippen LogP contribution in [-0.2, 0) is 0 Å². The summed E-state index contributed by atoms with van der Waals surface area (Å²) in [6, 6.07) is 8.40. The first kappa shape index (κ1) is 9.21. The molecule has 0 radical (unpaired) electrons. The molecule has 0 aliphatic heterocycles. The predicted octanol–water partition coefficient (Wildman–Crippen LogP) is 3.44. The third-order valence-electron chi connectivity index (χ3n) is 2.04. The maximum atomic E-state index is 12.7. The summed E-state index contributed by atoms with van der Waals surface area (Å²) in [7, 11) is 0. The van der Waals surface area contributed by atoms with Crippen LogP contribution in [-0.4, -0.2) is 0 Å². The third-order valence-corrected chi connectivity index (χ3v) is 3.16. The Balaban J connectivity index is 2.49. The van der Waals surface area contributed by atoms with Gasteiger partial charge in [-0.05, 0) is 36.2 Å². The van der Waals surface area contributed by atoms with Crippen LogP contribution >= 0.6 is 11.3 Å². The molecule has 0 spiro atoms. The molecule has 1 aromatic heterocycles. The Morgan fingerprint density at radius 1 is 1.21 bits per heavy atom. The second kappa shape index (κ2) is 3.42. The molecule has 0 atom stereocenters. The molecule has 0 unspecified atom stereocenters. The van der Waals surface area contributed by atoms with E-state index in [9.17, 15) is 4.39 Å². The van der Waals surface area contributed by atoms with Crippen molar-refractivity contribution in [1.82, 2.24) is 0 Å². The van der Waals surface area contributed by atoms with Crippen LogP contribution in [0.25, 0.3) is 10.4 Å². The molecular weight excluding hydrogens is 197 g/mol. The summed E-state index contributed by atoms with van der Waals surface area (Å²) in [6.07, 6.45) is 0. The number of halogens is 1. The van der Waals surface area contributed by atoms with E-state index >= 15 is 0 Å². The number of hydrogen-bond donors (Lipinski definition) is 1. The molecule has 72 valence electrons. The van der Waals surface area contributed by atoms with Gasteiger partial charge in [-0.2, -0.15) is 0 Å². The van der Waals surface area contributed by atoms with Gasteiger partial charge < -0.3 is 5.73 Å². The Morgan fingerprint density at radius 3 is 2.36 bits per heavy atom. The fraction of sp³-hybridized carbons (Fsp3) is 0.0909. The van der Waals surface area contributed by atoms with Crippen LogP contribution in [0.4, 0.5) is 9.39 Å². The van der Waals surface area contributed by atoms with Gasteiger partial charge in [-0.25, -0.2) is 4.39 Å². The number of rotatable bonds is 1. The van der Waals surface area contributed by atoms with Crippen molar-refractivity contribution >= 4 is 16.3 Å². The number of benzene rings is 1. The van der Waals surface area contributed by atoms with Crippen molar-refractivity contribution in [2.75, 3.05) is 5.73 Å². The molecule has 14 heavy (non-hydrogen) atoms. The Bertz CT molecular complexity index is 445. The lowest BCUT2D eigenvalue weighted by atomic mass is 10.1. The number of hydrogen-bond acceptors (Lipinski definition) is 2. The number of nitrogens with two attached hydrogens (primary N) is 1. The molecule has 0 aliphatic rings. The standard InChI is InChI=1S/C11H10FNS/c1-7-6-10(13)14-11(7)8-2-4-9(12)5-3-8/h2-6H,13H2,1H3. The van der Waals surface area contributed by atoms with Crippen LogP contribution < -0.4 is 5.73 Å². The zero-order chi connectivity index (χ0) is 10.1. The largest absolute Gasteiger partial charge is 0.391 e. The highest BCUT2D eigenvalue weighted by atomic mass is 32.1. The van der Waals surface area contributed by atoms with Crippen LogP contribution in [0.3, 0.4) is 0 Å². The number of thiophene rings is 1. The Morgan fingerprint density at radius 2 is 1.86 bits per heavy atom. The summed E-state index contributed by atoms with van der Waals surface area (Å²) in [5.74, 6) is -0.212. The number of anilines is 1. The van der Waals surface area contributed by atoms with Gasteiger partial charge in [0.25, 0.3) is 0 Å². The van der Waals surface area contributed by atoms with Gasteiger partial charge >= 0.3 is 0 Å². The minimum absolute atomic E-state index is 0.212. The quantitative estimate of drug-likeness (QED) is 0.761. The molecule has 0 fully saturated rings. The zero-order valence-corrected chi connectivity index (χ0v) is 8.57. The topological polar surface area (TPSA) is 26.0 Å². The monoisotopic (exact) mass is 207 g/mol. The van der Waals surface area contributed by atoms with E-state index in [1.807, 2.05) is 13.0 Å². The summed E-state index contributed by atoms with van der Waals surface area (Å²) >= 11 is 1.53. The van der Waals surface area contributed by atoms with Gasteiger partial charge in [0, 0.05) is 4.88 Å². The van der Waals surface area contributed by atoms with Crippen LogP contribution in [0, 0.1) is 12.7 Å². The molecule has 1 nitrogen and oxygen atoms in total. The maximum Gasteiger partial charge on any atom is 0.123 e. The van der Waals surface area contributed by atoms with Gasteiger partial charge in [-0.3, -0.25) is 0 Å². The lowest BCUT2D eigenvalue weighted by molar-refractivity contribution is 0.628. The van der Waals surface area contributed by atoms with Gasteiger partial charge in [0.15, 0.2) is 0 Å². The number of nitrogen functional groups attached to an aromatic ring is 1. The maximum absolute atomic E-state index is 12.7. The highest BCUT2D eigenvalue weighted by Crippen LogP contribution is 2.33. The highest BCUT2D eigenvalue weighted by Gasteiger charge is 2.05. The first-order valence-electron chi connectivity index (χ1n) is 4.28. The lowest BCUT2D eigenvalue weighted by Crippen LogP contribution is -1.76. The van der Waals surface area contributed by atoms with Gasteiger partial charge in [0.2, 0.25) is 0 Å². The van der Waals surface area contributed by atoms with Crippen molar-refractivity contribution in [3.8, 4) is 10.4 Å². The fourth-order valence-electron chi connectivity index (χ4n) is 1.39. The van der Waals surface area contributed by atoms with E-state index in [0.717, 1.165) is 21.0 Å². The van der Waals surface area contributed by atoms with E-state index < -0.39 is 0 Å². The van der Waals surface area contributed by atoms with Crippen LogP contribution in [0.5, 0.6) is 0 Å². The minimum atomic E-state index is -0.212. The third kappa shape index (κ3) is 1.63. The molecule has 0 saturated heterocycles. The smallest absolute Gasteiger partial charge is 0.123 e. The summed E-state index contributed by atoms with van der Waals surface area (Å²) in [6.45, 7) is 2.01. The first-order valence-corrected chi connectivity index (χ1v) is 5.10. The van der Waals surface area contributed by atoms with Crippen LogP contribution in [0.1, 0.15) is 5.56 Å². The zero-order valence-electron chi connectivity index (χ0n) is 7.75. The second-order valence-corrected chi connectivity index (χ2v) is 4.25. The van der Waals surface area contributed by atoms with Gasteiger partial charge in [-0.15, -0.1) is 11.3 Å². The molecule has 0 saturated carbocycles. The molecule has 2 aromatic rings. The van der Waals surface area contributed by atoms with Crippen molar-refractivity contribution in [3.05, 3.63) is 41.7 Å². The Hall–Kier alpha value is -1.35. The Labute approximate surface area is 86.0 Å². The summed E-state index contributed by atoms with van der Waals surface area (Å²) in [5.41, 5.74) is 7.85. The van der Waals surface area contributed by atoms with E-state index in [1.54, 1.807) is 12.1 Å². The van der Waals surface area contributed by atoms with Crippen molar-refractivity contribution < 1.29 is 4.39 Å². The van der Waals surface area contributed by atoms with Crippen molar-refractivity contribution in [2.24, 2.45) is 0 Å². The first-order chi connectivity index (χ1) is 6.66. The van der Waals surface area contributed by atoms with Crippen LogP contribution in [0.15, 0.2) is 30.3 Å². The van der Waals surface area contributed by atoms with Crippen LogP contribution in [0.2, 0.25) is 0 Å². The van der Waals surface area contributed by atoms with E-state index in [2.05, 4.69) is 0 Å². The average Bonchev–Trinajstić information content (AvgIpc) is 2.47. The molecule has 0 aliphatic carbocycles. The predicted molar refractivity (Wildman–Crippen MR) is 58.9 cm³/mol. The summed E-state index contributed by atoms with van der Waals surface area (Å²) in [5, 5.41) is 0.793. The van der Waals surface area contributed by atoms with Gasteiger partial charge in [0.05, 0.1) is 5.00 Å². The molecule has 3 heteroatoms. The van der Waals surface area contributed by atoms with E-state index in [4.69, 9.17) is 5.73 Å². The normalized spacial score (nSPS) is 10.4. The van der Waals surface area contributed by atoms with E-state index in [-0.39, 0.29) is 5.82 Å². The van der Waals surface area contributed by atoms with E-state index in [0.29, 0.717) is 0 Å². The molecule has 0 bridgehead atoms. The average molecular weight is 207 g/mol. The Kier molecular flexibility index (Phi) is 2.25. The summed E-state index contributed by atoms with van der Waals surface area (Å²) in [4.78, 5) is 1.11. The molecule has 0 amide bonds. The SMILES string of the molecule is Cc1cc(N)sc1-c1ccc(F)cc1. The molecule has 1 heterocycles. The molecule has 1 aromatic carbocycles. The number of aryl methyl sites for hydroxylation is 1. The second-order valence-electron chi connectivity index (χ2n) is 3.17. The summed E-state index contributed by atoms with van der Waals surface area (Å²) < 4.78 is 12.7. The van der Waals surface area contributed by atoms with Gasteiger partial charge in [-0.1, -0.05) is 12.1 Å². The van der Waals surface area contributed by atoms with E-state index in [1.165, 1.54) is 23.5 Å².